The summed E-state index contributed by atoms with van der Waals surface area (Å²) in [6, 6.07) is 15.5. The Kier molecular flexibility index (Phi) is 4.75. The molecule has 1 amide bonds. The minimum absolute atomic E-state index is 0.0910. The molecule has 0 fully saturated rings. The smallest absolute Gasteiger partial charge is 0.266 e. The highest BCUT2D eigenvalue weighted by atomic mass is 16.1. The van der Waals surface area contributed by atoms with Gasteiger partial charge in [-0.3, -0.25) is 4.79 Å². The Labute approximate surface area is 130 Å². The third-order valence-electron chi connectivity index (χ3n) is 3.44. The van der Waals surface area contributed by atoms with Crippen LogP contribution in [0.5, 0.6) is 0 Å². The number of amides is 1. The molecular formula is C19H18N2O. The normalized spacial score (nSPS) is 10.9. The molecule has 0 aromatic heterocycles. The molecule has 0 unspecified atom stereocenters. The Morgan fingerprint density at radius 2 is 1.73 bits per heavy atom. The van der Waals surface area contributed by atoms with Crippen LogP contribution in [0.25, 0.3) is 6.08 Å². The van der Waals surface area contributed by atoms with E-state index in [0.29, 0.717) is 0 Å². The van der Waals surface area contributed by atoms with Crippen molar-refractivity contribution in [2.24, 2.45) is 0 Å². The van der Waals surface area contributed by atoms with Crippen molar-refractivity contribution >= 4 is 17.7 Å². The molecule has 0 aliphatic rings. The minimum atomic E-state index is -0.388. The summed E-state index contributed by atoms with van der Waals surface area (Å²) >= 11 is 0. The molecule has 2 rings (SSSR count). The predicted octanol–water partition coefficient (Wildman–Crippen LogP) is 4.16. The first-order chi connectivity index (χ1) is 10.5. The lowest BCUT2D eigenvalue weighted by Crippen LogP contribution is -2.15. The number of hydrogen-bond donors (Lipinski definition) is 1. The summed E-state index contributed by atoms with van der Waals surface area (Å²) in [5.74, 6) is -0.388. The van der Waals surface area contributed by atoms with Crippen molar-refractivity contribution in [2.45, 2.75) is 20.8 Å². The van der Waals surface area contributed by atoms with Crippen molar-refractivity contribution in [3.8, 4) is 6.07 Å². The number of rotatable bonds is 3. The molecule has 0 radical (unpaired) electrons. The van der Waals surface area contributed by atoms with Crippen LogP contribution >= 0.6 is 0 Å². The molecule has 2 aromatic rings. The monoisotopic (exact) mass is 290 g/mol. The van der Waals surface area contributed by atoms with Crippen LogP contribution in [-0.2, 0) is 4.79 Å². The highest BCUT2D eigenvalue weighted by Gasteiger charge is 2.12. The summed E-state index contributed by atoms with van der Waals surface area (Å²) < 4.78 is 0. The summed E-state index contributed by atoms with van der Waals surface area (Å²) in [7, 11) is 0. The summed E-state index contributed by atoms with van der Waals surface area (Å²) in [6.07, 6.45) is 1.61. The van der Waals surface area contributed by atoms with Gasteiger partial charge in [0.05, 0.1) is 0 Å². The van der Waals surface area contributed by atoms with Gasteiger partial charge in [-0.25, -0.2) is 0 Å². The molecule has 22 heavy (non-hydrogen) atoms. The SMILES string of the molecule is Cc1cccc(/C=C(\C#N)C(=O)Nc2c(C)cccc2C)c1. The van der Waals surface area contributed by atoms with E-state index >= 15 is 0 Å². The van der Waals surface area contributed by atoms with Crippen LogP contribution in [0.3, 0.4) is 0 Å². The zero-order valence-electron chi connectivity index (χ0n) is 13.0. The van der Waals surface area contributed by atoms with Crippen LogP contribution in [0.15, 0.2) is 48.0 Å². The van der Waals surface area contributed by atoms with Crippen molar-refractivity contribution in [1.29, 1.82) is 5.26 Å². The first-order valence-electron chi connectivity index (χ1n) is 7.07. The van der Waals surface area contributed by atoms with Crippen molar-refractivity contribution < 1.29 is 4.79 Å². The molecular weight excluding hydrogens is 272 g/mol. The first kappa shape index (κ1) is 15.5. The van der Waals surface area contributed by atoms with Crippen LogP contribution in [0, 0.1) is 32.1 Å². The molecule has 0 aliphatic carbocycles. The maximum atomic E-state index is 12.3. The van der Waals surface area contributed by atoms with Gasteiger partial charge in [-0.1, -0.05) is 48.0 Å². The number of nitrogens with one attached hydrogen (secondary N) is 1. The Morgan fingerprint density at radius 1 is 1.09 bits per heavy atom. The number of hydrogen-bond acceptors (Lipinski definition) is 2. The van der Waals surface area contributed by atoms with E-state index in [2.05, 4.69) is 5.32 Å². The lowest BCUT2D eigenvalue weighted by atomic mass is 10.1. The number of nitriles is 1. The van der Waals surface area contributed by atoms with E-state index < -0.39 is 0 Å². The standard InChI is InChI=1S/C19H18N2O/c1-13-6-4-9-16(10-13)11-17(12-20)19(22)21-18-14(2)7-5-8-15(18)3/h4-11H,1-3H3,(H,21,22)/b17-11+. The van der Waals surface area contributed by atoms with Crippen molar-refractivity contribution in [3.63, 3.8) is 0 Å². The fourth-order valence-electron chi connectivity index (χ4n) is 2.27. The highest BCUT2D eigenvalue weighted by molar-refractivity contribution is 6.10. The maximum absolute atomic E-state index is 12.3. The van der Waals surface area contributed by atoms with Gasteiger partial charge in [0, 0.05) is 5.69 Å². The van der Waals surface area contributed by atoms with E-state index in [1.165, 1.54) is 0 Å². The summed E-state index contributed by atoms with van der Waals surface area (Å²) in [5.41, 5.74) is 4.72. The van der Waals surface area contributed by atoms with Crippen LogP contribution in [0.2, 0.25) is 0 Å². The fraction of sp³-hybridized carbons (Fsp3) is 0.158. The van der Waals surface area contributed by atoms with Gasteiger partial charge < -0.3 is 5.32 Å². The number of nitrogens with zero attached hydrogens (tertiary/aromatic N) is 1. The predicted molar refractivity (Wildman–Crippen MR) is 89.3 cm³/mol. The average molecular weight is 290 g/mol. The second kappa shape index (κ2) is 6.73. The summed E-state index contributed by atoms with van der Waals surface area (Å²) in [4.78, 5) is 12.3. The zero-order chi connectivity index (χ0) is 16.1. The van der Waals surface area contributed by atoms with E-state index in [0.717, 1.165) is 27.9 Å². The first-order valence-corrected chi connectivity index (χ1v) is 7.07. The largest absolute Gasteiger partial charge is 0.321 e. The molecule has 1 N–H and O–H groups in total. The summed E-state index contributed by atoms with van der Waals surface area (Å²) in [5, 5.41) is 12.1. The van der Waals surface area contributed by atoms with Gasteiger partial charge in [0.1, 0.15) is 11.6 Å². The van der Waals surface area contributed by atoms with Crippen molar-refractivity contribution in [2.75, 3.05) is 5.32 Å². The van der Waals surface area contributed by atoms with Gasteiger partial charge in [0.15, 0.2) is 0 Å². The number of benzene rings is 2. The second-order valence-electron chi connectivity index (χ2n) is 5.30. The van der Waals surface area contributed by atoms with E-state index in [1.807, 2.05) is 69.3 Å². The van der Waals surface area contributed by atoms with Gasteiger partial charge in [-0.05, 0) is 43.5 Å². The van der Waals surface area contributed by atoms with E-state index in [9.17, 15) is 10.1 Å². The van der Waals surface area contributed by atoms with E-state index in [-0.39, 0.29) is 11.5 Å². The van der Waals surface area contributed by atoms with Crippen LogP contribution < -0.4 is 5.32 Å². The van der Waals surface area contributed by atoms with Crippen LogP contribution in [-0.4, -0.2) is 5.91 Å². The Bertz CT molecular complexity index is 762. The van der Waals surface area contributed by atoms with E-state index in [4.69, 9.17) is 0 Å². The number of anilines is 1. The molecule has 0 saturated heterocycles. The molecule has 3 nitrogen and oxygen atoms in total. The molecule has 0 aliphatic heterocycles. The molecule has 0 atom stereocenters. The van der Waals surface area contributed by atoms with Gasteiger partial charge in [0.25, 0.3) is 5.91 Å². The van der Waals surface area contributed by atoms with Gasteiger partial charge in [-0.2, -0.15) is 5.26 Å². The van der Waals surface area contributed by atoms with Gasteiger partial charge >= 0.3 is 0 Å². The topological polar surface area (TPSA) is 52.9 Å². The zero-order valence-corrected chi connectivity index (χ0v) is 13.0. The Hall–Kier alpha value is -2.86. The number of para-hydroxylation sites is 1. The lowest BCUT2D eigenvalue weighted by Gasteiger charge is -2.10. The Morgan fingerprint density at radius 3 is 2.32 bits per heavy atom. The quantitative estimate of drug-likeness (QED) is 0.681. The second-order valence-corrected chi connectivity index (χ2v) is 5.30. The third kappa shape index (κ3) is 3.62. The van der Waals surface area contributed by atoms with E-state index in [1.54, 1.807) is 6.08 Å². The molecule has 0 spiro atoms. The Balaban J connectivity index is 2.29. The molecule has 0 saturated carbocycles. The van der Waals surface area contributed by atoms with Gasteiger partial charge in [-0.15, -0.1) is 0 Å². The molecule has 0 heterocycles. The average Bonchev–Trinajstić information content (AvgIpc) is 2.48. The third-order valence-corrected chi connectivity index (χ3v) is 3.44. The van der Waals surface area contributed by atoms with Crippen LogP contribution in [0.4, 0.5) is 5.69 Å². The van der Waals surface area contributed by atoms with Crippen molar-refractivity contribution in [1.82, 2.24) is 0 Å². The summed E-state index contributed by atoms with van der Waals surface area (Å²) in [6.45, 7) is 5.83. The number of carbonyl (C=O) groups is 1. The van der Waals surface area contributed by atoms with Gasteiger partial charge in [0.2, 0.25) is 0 Å². The van der Waals surface area contributed by atoms with Crippen LogP contribution in [0.1, 0.15) is 22.3 Å². The molecule has 0 bridgehead atoms. The number of carbonyl (C=O) groups excluding carboxylic acids is 1. The maximum Gasteiger partial charge on any atom is 0.266 e. The molecule has 110 valence electrons. The number of aryl methyl sites for hydroxylation is 3. The highest BCUT2D eigenvalue weighted by Crippen LogP contribution is 2.20. The molecule has 3 heteroatoms. The minimum Gasteiger partial charge on any atom is -0.321 e. The lowest BCUT2D eigenvalue weighted by molar-refractivity contribution is -0.112. The molecule has 2 aromatic carbocycles. The fourth-order valence-corrected chi connectivity index (χ4v) is 2.27. The van der Waals surface area contributed by atoms with Crippen molar-refractivity contribution in [3.05, 3.63) is 70.3 Å².